The van der Waals surface area contributed by atoms with Gasteiger partial charge >= 0.3 is 17.9 Å². The summed E-state index contributed by atoms with van der Waals surface area (Å²) in [5.41, 5.74) is 10.3. The molecule has 0 heterocycles. The maximum absolute atomic E-state index is 10.2. The first-order valence-electron chi connectivity index (χ1n) is 5.82. The first kappa shape index (κ1) is 19.7. The molecule has 0 saturated heterocycles. The lowest BCUT2D eigenvalue weighted by Crippen LogP contribution is -2.36. The normalized spacial score (nSPS) is 14.5. The minimum absolute atomic E-state index is 0.0231. The molecule has 0 rings (SSSR count). The fourth-order valence-electron chi connectivity index (χ4n) is 0.900. The summed E-state index contributed by atoms with van der Waals surface area (Å²) in [5, 5.41) is 24.6. The van der Waals surface area contributed by atoms with Crippen molar-refractivity contribution in [1.29, 1.82) is 0 Å². The van der Waals surface area contributed by atoms with E-state index >= 15 is 0 Å². The van der Waals surface area contributed by atoms with Gasteiger partial charge in [-0.05, 0) is 12.3 Å². The Morgan fingerprint density at radius 2 is 1.53 bits per heavy atom. The summed E-state index contributed by atoms with van der Waals surface area (Å²) >= 11 is 0. The van der Waals surface area contributed by atoms with Crippen LogP contribution in [0.5, 0.6) is 0 Å². The van der Waals surface area contributed by atoms with Gasteiger partial charge in [0.25, 0.3) is 0 Å². The van der Waals surface area contributed by atoms with E-state index < -0.39 is 30.0 Å². The Morgan fingerprint density at radius 3 is 1.74 bits per heavy atom. The van der Waals surface area contributed by atoms with E-state index in [1.165, 1.54) is 0 Å². The molecule has 0 aromatic rings. The summed E-state index contributed by atoms with van der Waals surface area (Å²) in [4.78, 5) is 30.0. The van der Waals surface area contributed by atoms with Crippen molar-refractivity contribution in [3.8, 4) is 0 Å². The van der Waals surface area contributed by atoms with Crippen molar-refractivity contribution in [2.45, 2.75) is 45.2 Å². The predicted octanol–water partition coefficient (Wildman–Crippen LogP) is -0.292. The number of rotatable bonds is 7. The molecule has 0 aliphatic carbocycles. The largest absolute Gasteiger partial charge is 0.481 e. The second-order valence-corrected chi connectivity index (χ2v) is 4.13. The van der Waals surface area contributed by atoms with Crippen molar-refractivity contribution < 1.29 is 29.7 Å². The fourth-order valence-corrected chi connectivity index (χ4v) is 0.900. The van der Waals surface area contributed by atoms with Crippen LogP contribution in [0.15, 0.2) is 0 Å². The molecule has 8 heteroatoms. The number of hydrogen-bond acceptors (Lipinski definition) is 5. The average Bonchev–Trinajstić information content (AvgIpc) is 2.34. The standard InChI is InChI=1S/C6H13NO2.C5H9NO4/c1-3-4(2)5(7)6(8)9;6-3(5(9)10)1-2-4(7)8/h4-5H,3,7H2,1-2H3,(H,8,9);3H,1-2,6H2,(H,7,8)(H,9,10)/t4?,5-;3-/m00/s1. The van der Waals surface area contributed by atoms with Crippen LogP contribution < -0.4 is 11.5 Å². The Kier molecular flexibility index (Phi) is 10.6. The highest BCUT2D eigenvalue weighted by atomic mass is 16.4. The van der Waals surface area contributed by atoms with Crippen molar-refractivity contribution in [2.75, 3.05) is 0 Å². The van der Waals surface area contributed by atoms with Crippen LogP contribution in [0.25, 0.3) is 0 Å². The molecule has 0 aliphatic heterocycles. The summed E-state index contributed by atoms with van der Waals surface area (Å²) in [6.45, 7) is 3.76. The molecule has 0 saturated carbocycles. The maximum atomic E-state index is 10.2. The van der Waals surface area contributed by atoms with Crippen molar-refractivity contribution in [1.82, 2.24) is 0 Å². The molecular weight excluding hydrogens is 256 g/mol. The van der Waals surface area contributed by atoms with E-state index in [-0.39, 0.29) is 18.8 Å². The maximum Gasteiger partial charge on any atom is 0.320 e. The van der Waals surface area contributed by atoms with E-state index in [0.717, 1.165) is 6.42 Å². The summed E-state index contributed by atoms with van der Waals surface area (Å²) in [7, 11) is 0. The van der Waals surface area contributed by atoms with Gasteiger partial charge in [-0.2, -0.15) is 0 Å². The third-order valence-corrected chi connectivity index (χ3v) is 2.53. The van der Waals surface area contributed by atoms with E-state index in [2.05, 4.69) is 0 Å². The highest BCUT2D eigenvalue weighted by Gasteiger charge is 2.17. The Morgan fingerprint density at radius 1 is 1.05 bits per heavy atom. The molecule has 19 heavy (non-hydrogen) atoms. The number of aliphatic carboxylic acids is 3. The summed E-state index contributed by atoms with van der Waals surface area (Å²) in [6.07, 6.45) is 0.589. The Bertz CT molecular complexity index is 308. The van der Waals surface area contributed by atoms with Crippen molar-refractivity contribution in [3.63, 3.8) is 0 Å². The Balaban J connectivity index is 0. The molecule has 0 spiro atoms. The number of carboxylic acid groups (broad SMARTS) is 3. The lowest BCUT2D eigenvalue weighted by molar-refractivity contribution is -0.141. The van der Waals surface area contributed by atoms with Gasteiger partial charge in [-0.1, -0.05) is 20.3 Å². The van der Waals surface area contributed by atoms with Gasteiger partial charge in [-0.15, -0.1) is 0 Å². The second-order valence-electron chi connectivity index (χ2n) is 4.13. The Labute approximate surface area is 111 Å². The van der Waals surface area contributed by atoms with Crippen LogP contribution in [-0.2, 0) is 14.4 Å². The third-order valence-electron chi connectivity index (χ3n) is 2.53. The number of carbonyl (C=O) groups is 3. The van der Waals surface area contributed by atoms with E-state index in [9.17, 15) is 14.4 Å². The van der Waals surface area contributed by atoms with E-state index in [0.29, 0.717) is 0 Å². The van der Waals surface area contributed by atoms with Crippen LogP contribution in [0, 0.1) is 5.92 Å². The summed E-state index contributed by atoms with van der Waals surface area (Å²) in [5.74, 6) is -3.04. The Hall–Kier alpha value is -1.67. The van der Waals surface area contributed by atoms with Gasteiger partial charge in [0.2, 0.25) is 0 Å². The number of carboxylic acids is 3. The quantitative estimate of drug-likeness (QED) is 0.423. The first-order valence-corrected chi connectivity index (χ1v) is 5.82. The van der Waals surface area contributed by atoms with Crippen LogP contribution >= 0.6 is 0 Å². The average molecular weight is 278 g/mol. The van der Waals surface area contributed by atoms with Gasteiger partial charge in [-0.25, -0.2) is 0 Å². The molecule has 0 radical (unpaired) electrons. The van der Waals surface area contributed by atoms with Crippen molar-refractivity contribution in [2.24, 2.45) is 17.4 Å². The lowest BCUT2D eigenvalue weighted by atomic mass is 10.0. The lowest BCUT2D eigenvalue weighted by Gasteiger charge is -2.11. The zero-order valence-electron chi connectivity index (χ0n) is 11.1. The molecule has 1 unspecified atom stereocenters. The van der Waals surface area contributed by atoms with E-state index in [1.54, 1.807) is 0 Å². The molecule has 0 aromatic carbocycles. The van der Waals surface area contributed by atoms with Gasteiger partial charge in [0.1, 0.15) is 12.1 Å². The topological polar surface area (TPSA) is 164 Å². The van der Waals surface area contributed by atoms with E-state index in [4.69, 9.17) is 26.8 Å². The summed E-state index contributed by atoms with van der Waals surface area (Å²) in [6, 6.07) is -1.76. The molecule has 3 atom stereocenters. The molecule has 7 N–H and O–H groups in total. The fraction of sp³-hybridized carbons (Fsp3) is 0.727. The predicted molar refractivity (Wildman–Crippen MR) is 67.5 cm³/mol. The molecule has 0 fully saturated rings. The highest BCUT2D eigenvalue weighted by Crippen LogP contribution is 2.04. The second kappa shape index (κ2) is 10.3. The van der Waals surface area contributed by atoms with Gasteiger partial charge in [0, 0.05) is 6.42 Å². The van der Waals surface area contributed by atoms with E-state index in [1.807, 2.05) is 13.8 Å². The highest BCUT2D eigenvalue weighted by molar-refractivity contribution is 5.74. The molecule has 0 bridgehead atoms. The molecule has 112 valence electrons. The van der Waals surface area contributed by atoms with Gasteiger partial charge < -0.3 is 26.8 Å². The van der Waals surface area contributed by atoms with Crippen LogP contribution in [0.2, 0.25) is 0 Å². The smallest absolute Gasteiger partial charge is 0.320 e. The minimum Gasteiger partial charge on any atom is -0.481 e. The SMILES string of the molecule is CCC(C)[C@H](N)C(=O)O.N[C@@H](CCC(=O)O)C(=O)O. The van der Waals surface area contributed by atoms with Gasteiger partial charge in [0.05, 0.1) is 0 Å². The first-order chi connectivity index (χ1) is 8.63. The number of nitrogens with two attached hydrogens (primary N) is 2. The molecule has 0 amide bonds. The van der Waals surface area contributed by atoms with Crippen LogP contribution in [0.4, 0.5) is 0 Å². The monoisotopic (exact) mass is 278 g/mol. The zero-order chi connectivity index (χ0) is 15.6. The number of hydrogen-bond donors (Lipinski definition) is 5. The van der Waals surface area contributed by atoms with Crippen molar-refractivity contribution >= 4 is 17.9 Å². The van der Waals surface area contributed by atoms with Crippen LogP contribution in [0.3, 0.4) is 0 Å². The molecular formula is C11H22N2O6. The van der Waals surface area contributed by atoms with Crippen LogP contribution in [-0.4, -0.2) is 45.3 Å². The van der Waals surface area contributed by atoms with Crippen LogP contribution in [0.1, 0.15) is 33.1 Å². The molecule has 0 aromatic heterocycles. The van der Waals surface area contributed by atoms with Crippen molar-refractivity contribution in [3.05, 3.63) is 0 Å². The zero-order valence-corrected chi connectivity index (χ0v) is 11.1. The summed E-state index contributed by atoms with van der Waals surface area (Å²) < 4.78 is 0. The molecule has 8 nitrogen and oxygen atoms in total. The van der Waals surface area contributed by atoms with Gasteiger partial charge in [-0.3, -0.25) is 14.4 Å². The third kappa shape index (κ3) is 11.2. The molecule has 0 aliphatic rings. The van der Waals surface area contributed by atoms with Gasteiger partial charge in [0.15, 0.2) is 0 Å². The minimum atomic E-state index is -1.17.